The topological polar surface area (TPSA) is 27.7 Å². The zero-order valence-electron chi connectivity index (χ0n) is 7.59. The molecule has 14 heavy (non-hydrogen) atoms. The standard InChI is InChI=1S/C12H9N2/c13-10-11-5-4-6-12(9-11)14-7-2-1-3-8-14/h1-9H/q+1. The molecule has 1 aromatic heterocycles. The number of hydrogen-bond acceptors (Lipinski definition) is 1. The summed E-state index contributed by atoms with van der Waals surface area (Å²) < 4.78 is 1.97. The Bertz CT molecular complexity index is 469. The molecule has 0 spiro atoms. The third kappa shape index (κ3) is 1.62. The maximum atomic E-state index is 8.75. The van der Waals surface area contributed by atoms with Gasteiger partial charge in [0.05, 0.1) is 11.6 Å². The summed E-state index contributed by atoms with van der Waals surface area (Å²) in [4.78, 5) is 0. The Balaban J connectivity index is 2.49. The molecule has 0 saturated heterocycles. The first-order valence-electron chi connectivity index (χ1n) is 4.37. The average molecular weight is 181 g/mol. The Labute approximate surface area is 82.7 Å². The highest BCUT2D eigenvalue weighted by Crippen LogP contribution is 2.02. The van der Waals surface area contributed by atoms with Crippen molar-refractivity contribution in [1.29, 1.82) is 5.26 Å². The van der Waals surface area contributed by atoms with Gasteiger partial charge in [0.2, 0.25) is 5.69 Å². The van der Waals surface area contributed by atoms with Gasteiger partial charge < -0.3 is 0 Å². The van der Waals surface area contributed by atoms with Crippen molar-refractivity contribution in [1.82, 2.24) is 0 Å². The highest BCUT2D eigenvalue weighted by molar-refractivity contribution is 5.36. The predicted molar refractivity (Wildman–Crippen MR) is 52.7 cm³/mol. The van der Waals surface area contributed by atoms with Crippen LogP contribution in [0, 0.1) is 11.3 Å². The van der Waals surface area contributed by atoms with E-state index in [1.165, 1.54) is 0 Å². The van der Waals surface area contributed by atoms with Gasteiger partial charge in [-0.3, -0.25) is 0 Å². The smallest absolute Gasteiger partial charge is 0.192 e. The van der Waals surface area contributed by atoms with Crippen molar-refractivity contribution >= 4 is 0 Å². The van der Waals surface area contributed by atoms with Gasteiger partial charge in [0.1, 0.15) is 0 Å². The number of benzene rings is 1. The fourth-order valence-electron chi connectivity index (χ4n) is 1.31. The van der Waals surface area contributed by atoms with Crippen LogP contribution >= 0.6 is 0 Å². The summed E-state index contributed by atoms with van der Waals surface area (Å²) in [5, 5.41) is 8.75. The molecule has 0 fully saturated rings. The maximum absolute atomic E-state index is 8.75. The van der Waals surface area contributed by atoms with Crippen molar-refractivity contribution in [2.75, 3.05) is 0 Å². The van der Waals surface area contributed by atoms with Gasteiger partial charge in [0.25, 0.3) is 0 Å². The van der Waals surface area contributed by atoms with Crippen molar-refractivity contribution in [3.63, 3.8) is 0 Å². The predicted octanol–water partition coefficient (Wildman–Crippen LogP) is 1.83. The minimum atomic E-state index is 0.679. The van der Waals surface area contributed by atoms with Gasteiger partial charge in [-0.15, -0.1) is 0 Å². The molecule has 0 saturated carbocycles. The molecule has 0 atom stereocenters. The summed E-state index contributed by atoms with van der Waals surface area (Å²) in [6, 6.07) is 15.5. The van der Waals surface area contributed by atoms with Gasteiger partial charge in [0, 0.05) is 24.3 Å². The van der Waals surface area contributed by atoms with Crippen molar-refractivity contribution in [2.24, 2.45) is 0 Å². The second-order valence-electron chi connectivity index (χ2n) is 2.94. The summed E-state index contributed by atoms with van der Waals surface area (Å²) in [5.41, 5.74) is 1.68. The Hall–Kier alpha value is -2.14. The van der Waals surface area contributed by atoms with E-state index in [0.29, 0.717) is 5.56 Å². The Morgan fingerprint density at radius 1 is 1.00 bits per heavy atom. The monoisotopic (exact) mass is 181 g/mol. The molecule has 0 N–H and O–H groups in total. The van der Waals surface area contributed by atoms with E-state index in [1.807, 2.05) is 53.4 Å². The molecule has 2 rings (SSSR count). The lowest BCUT2D eigenvalue weighted by molar-refractivity contribution is -0.595. The highest BCUT2D eigenvalue weighted by atomic mass is 14.9. The molecule has 66 valence electrons. The Morgan fingerprint density at radius 2 is 1.79 bits per heavy atom. The van der Waals surface area contributed by atoms with E-state index in [2.05, 4.69) is 6.07 Å². The first-order chi connectivity index (χ1) is 6.90. The third-order valence-electron chi connectivity index (χ3n) is 1.99. The van der Waals surface area contributed by atoms with Crippen molar-refractivity contribution in [3.05, 3.63) is 60.4 Å². The largest absolute Gasteiger partial charge is 0.211 e. The van der Waals surface area contributed by atoms with Crippen LogP contribution in [0.3, 0.4) is 0 Å². The number of rotatable bonds is 1. The molecule has 2 aromatic rings. The SMILES string of the molecule is N#Cc1cccc(-[n+]2ccccc2)c1. The van der Waals surface area contributed by atoms with Crippen molar-refractivity contribution in [2.45, 2.75) is 0 Å². The van der Waals surface area contributed by atoms with Gasteiger partial charge in [0.15, 0.2) is 12.4 Å². The van der Waals surface area contributed by atoms with E-state index in [9.17, 15) is 0 Å². The third-order valence-corrected chi connectivity index (χ3v) is 1.99. The molecule has 0 bridgehead atoms. The lowest BCUT2D eigenvalue weighted by atomic mass is 10.2. The number of nitrogens with zero attached hydrogens (tertiary/aromatic N) is 2. The zero-order chi connectivity index (χ0) is 9.80. The highest BCUT2D eigenvalue weighted by Gasteiger charge is 2.03. The van der Waals surface area contributed by atoms with Gasteiger partial charge in [-0.05, 0) is 6.07 Å². The minimum absolute atomic E-state index is 0.679. The first-order valence-corrected chi connectivity index (χ1v) is 4.37. The summed E-state index contributed by atoms with van der Waals surface area (Å²) >= 11 is 0. The fourth-order valence-corrected chi connectivity index (χ4v) is 1.31. The number of aromatic nitrogens is 1. The quantitative estimate of drug-likeness (QED) is 0.617. The van der Waals surface area contributed by atoms with E-state index >= 15 is 0 Å². The first kappa shape index (κ1) is 8.46. The van der Waals surface area contributed by atoms with Crippen LogP contribution in [0.5, 0.6) is 0 Å². The minimum Gasteiger partial charge on any atom is -0.192 e. The summed E-state index contributed by atoms with van der Waals surface area (Å²) in [5.74, 6) is 0. The van der Waals surface area contributed by atoms with Crippen molar-refractivity contribution in [3.8, 4) is 11.8 Å². The molecule has 2 heteroatoms. The molecule has 2 nitrogen and oxygen atoms in total. The molecule has 0 amide bonds. The van der Waals surface area contributed by atoms with Gasteiger partial charge >= 0.3 is 0 Å². The normalized spacial score (nSPS) is 9.36. The zero-order valence-corrected chi connectivity index (χ0v) is 7.59. The lowest BCUT2D eigenvalue weighted by Crippen LogP contribution is -2.28. The fraction of sp³-hybridized carbons (Fsp3) is 0. The van der Waals surface area contributed by atoms with Crippen LogP contribution in [0.1, 0.15) is 5.56 Å². The van der Waals surface area contributed by atoms with Crippen LogP contribution < -0.4 is 4.57 Å². The lowest BCUT2D eigenvalue weighted by Gasteiger charge is -1.94. The van der Waals surface area contributed by atoms with Gasteiger partial charge in [-0.25, -0.2) is 0 Å². The van der Waals surface area contributed by atoms with E-state index in [0.717, 1.165) is 5.69 Å². The average Bonchev–Trinajstić information content (AvgIpc) is 2.30. The molecule has 0 aliphatic rings. The molecule has 0 unspecified atom stereocenters. The Morgan fingerprint density at radius 3 is 2.50 bits per heavy atom. The molecule has 0 aliphatic carbocycles. The number of pyridine rings is 1. The second kappa shape index (κ2) is 3.71. The number of nitriles is 1. The molecule has 0 aliphatic heterocycles. The van der Waals surface area contributed by atoms with Crippen LogP contribution in [-0.4, -0.2) is 0 Å². The van der Waals surface area contributed by atoms with E-state index in [4.69, 9.17) is 5.26 Å². The van der Waals surface area contributed by atoms with Gasteiger partial charge in [-0.2, -0.15) is 9.83 Å². The van der Waals surface area contributed by atoms with E-state index in [1.54, 1.807) is 6.07 Å². The van der Waals surface area contributed by atoms with Crippen LogP contribution in [0.15, 0.2) is 54.9 Å². The van der Waals surface area contributed by atoms with Crippen molar-refractivity contribution < 1.29 is 4.57 Å². The summed E-state index contributed by atoms with van der Waals surface area (Å²) in [6.45, 7) is 0. The number of hydrogen-bond donors (Lipinski definition) is 0. The van der Waals surface area contributed by atoms with E-state index < -0.39 is 0 Å². The summed E-state index contributed by atoms with van der Waals surface area (Å²) in [7, 11) is 0. The van der Waals surface area contributed by atoms with Crippen LogP contribution in [0.2, 0.25) is 0 Å². The molecular formula is C12H9N2+. The molecule has 1 aromatic carbocycles. The van der Waals surface area contributed by atoms with E-state index in [-0.39, 0.29) is 0 Å². The summed E-state index contributed by atoms with van der Waals surface area (Å²) in [6.07, 6.45) is 3.91. The van der Waals surface area contributed by atoms with Crippen LogP contribution in [0.25, 0.3) is 5.69 Å². The molecule has 0 radical (unpaired) electrons. The molecule has 1 heterocycles. The molecular weight excluding hydrogens is 172 g/mol. The Kier molecular flexibility index (Phi) is 2.24. The van der Waals surface area contributed by atoms with Crippen LogP contribution in [0.4, 0.5) is 0 Å². The van der Waals surface area contributed by atoms with Gasteiger partial charge in [-0.1, -0.05) is 12.1 Å². The van der Waals surface area contributed by atoms with Crippen LogP contribution in [-0.2, 0) is 0 Å². The second-order valence-corrected chi connectivity index (χ2v) is 2.94. The maximum Gasteiger partial charge on any atom is 0.211 e.